The molecule has 0 amide bonds. The summed E-state index contributed by atoms with van der Waals surface area (Å²) >= 11 is 6.59. The number of rotatable bonds is 2. The summed E-state index contributed by atoms with van der Waals surface area (Å²) in [5.74, 6) is -2.03. The third-order valence-electron chi connectivity index (χ3n) is 7.90. The molecular weight excluding hydrogens is 396 g/mol. The summed E-state index contributed by atoms with van der Waals surface area (Å²) in [6.45, 7) is 6.78. The van der Waals surface area contributed by atoms with Gasteiger partial charge in [-0.2, -0.15) is 0 Å². The van der Waals surface area contributed by atoms with E-state index in [1.54, 1.807) is 0 Å². The van der Waals surface area contributed by atoms with Gasteiger partial charge in [-0.25, -0.2) is 4.79 Å². The standard InChI is InChI=1S/C22H25ClO6/c1-11(24)22(29-12(2)25)9-17(26)19-13-7-16(23)15-8-18(27)28-10-20(15,3)14(13)5-6-21(19,22)4/h7-8,13-14,19H,5-6,9-10H2,1-4H3/t13?,14?,19?,20?,21?,22-/m0/s1. The van der Waals surface area contributed by atoms with Gasteiger partial charge in [0.2, 0.25) is 0 Å². The lowest BCUT2D eigenvalue weighted by atomic mass is 9.49. The molecule has 2 saturated carbocycles. The summed E-state index contributed by atoms with van der Waals surface area (Å²) in [5, 5.41) is 0.454. The summed E-state index contributed by atoms with van der Waals surface area (Å²) in [6, 6.07) is 0. The molecule has 0 aromatic carbocycles. The van der Waals surface area contributed by atoms with Gasteiger partial charge >= 0.3 is 11.9 Å². The average molecular weight is 421 g/mol. The van der Waals surface area contributed by atoms with Crippen molar-refractivity contribution >= 4 is 35.1 Å². The maximum atomic E-state index is 13.3. The van der Waals surface area contributed by atoms with Gasteiger partial charge in [-0.1, -0.05) is 31.5 Å². The Morgan fingerprint density at radius 1 is 1.24 bits per heavy atom. The molecule has 0 bridgehead atoms. The molecule has 0 aromatic rings. The molecule has 1 aliphatic heterocycles. The van der Waals surface area contributed by atoms with Gasteiger partial charge in [-0.15, -0.1) is 0 Å². The van der Waals surface area contributed by atoms with Gasteiger partial charge in [-0.3, -0.25) is 14.4 Å². The smallest absolute Gasteiger partial charge is 0.331 e. The average Bonchev–Trinajstić information content (AvgIpc) is 2.84. The maximum Gasteiger partial charge on any atom is 0.331 e. The van der Waals surface area contributed by atoms with Gasteiger partial charge in [0.15, 0.2) is 11.4 Å². The zero-order valence-electron chi connectivity index (χ0n) is 17.0. The summed E-state index contributed by atoms with van der Waals surface area (Å²) in [4.78, 5) is 49.7. The van der Waals surface area contributed by atoms with Crippen LogP contribution in [0.2, 0.25) is 0 Å². The molecule has 3 aliphatic carbocycles. The first-order valence-electron chi connectivity index (χ1n) is 9.96. The van der Waals surface area contributed by atoms with E-state index in [1.807, 2.05) is 19.9 Å². The normalized spacial score (nSPS) is 43.3. The van der Waals surface area contributed by atoms with E-state index in [9.17, 15) is 19.2 Å². The number of hydrogen-bond acceptors (Lipinski definition) is 6. The number of halogens is 1. The van der Waals surface area contributed by atoms with Gasteiger partial charge in [0.05, 0.1) is 6.42 Å². The van der Waals surface area contributed by atoms with Crippen LogP contribution in [0, 0.1) is 28.6 Å². The molecule has 7 heteroatoms. The number of esters is 2. The Bertz CT molecular complexity index is 903. The number of carbonyl (C=O) groups is 4. The first-order chi connectivity index (χ1) is 13.5. The largest absolute Gasteiger partial charge is 0.462 e. The Labute approximate surface area is 174 Å². The Balaban J connectivity index is 1.85. The van der Waals surface area contributed by atoms with Crippen molar-refractivity contribution in [2.75, 3.05) is 6.61 Å². The van der Waals surface area contributed by atoms with Crippen LogP contribution in [0.15, 0.2) is 22.8 Å². The van der Waals surface area contributed by atoms with Gasteiger partial charge in [0.25, 0.3) is 0 Å². The Kier molecular flexibility index (Phi) is 4.40. The molecule has 0 radical (unpaired) electrons. The van der Waals surface area contributed by atoms with E-state index < -0.39 is 34.3 Å². The van der Waals surface area contributed by atoms with Crippen molar-refractivity contribution < 1.29 is 28.7 Å². The highest BCUT2D eigenvalue weighted by atomic mass is 35.5. The van der Waals surface area contributed by atoms with E-state index in [0.29, 0.717) is 17.9 Å². The monoisotopic (exact) mass is 420 g/mol. The quantitative estimate of drug-likeness (QED) is 0.638. The van der Waals surface area contributed by atoms with Crippen LogP contribution in [0.4, 0.5) is 0 Å². The second kappa shape index (κ2) is 6.27. The molecule has 29 heavy (non-hydrogen) atoms. The minimum Gasteiger partial charge on any atom is -0.462 e. The summed E-state index contributed by atoms with van der Waals surface area (Å²) in [5.41, 5.74) is -1.99. The predicted octanol–water partition coefficient (Wildman–Crippen LogP) is 3.12. The molecule has 1 heterocycles. The van der Waals surface area contributed by atoms with Crippen LogP contribution in [0.3, 0.4) is 0 Å². The van der Waals surface area contributed by atoms with Crippen LogP contribution in [-0.4, -0.2) is 35.7 Å². The summed E-state index contributed by atoms with van der Waals surface area (Å²) < 4.78 is 10.9. The maximum absolute atomic E-state index is 13.3. The van der Waals surface area contributed by atoms with Crippen molar-refractivity contribution in [3.63, 3.8) is 0 Å². The summed E-state index contributed by atoms with van der Waals surface area (Å²) in [7, 11) is 0. The lowest BCUT2D eigenvalue weighted by Gasteiger charge is -2.56. The molecule has 2 fully saturated rings. The number of hydrogen-bond donors (Lipinski definition) is 0. The number of ketones is 2. The first-order valence-corrected chi connectivity index (χ1v) is 10.3. The highest BCUT2D eigenvalue weighted by Crippen LogP contribution is 2.66. The van der Waals surface area contributed by atoms with E-state index in [-0.39, 0.29) is 36.4 Å². The number of Topliss-reactive ketones (excluding diaryl/α,β-unsaturated/α-hetero) is 2. The molecular formula is C22H25ClO6. The van der Waals surface area contributed by atoms with Crippen molar-refractivity contribution in [1.29, 1.82) is 0 Å². The molecule has 5 unspecified atom stereocenters. The van der Waals surface area contributed by atoms with Crippen LogP contribution >= 0.6 is 11.6 Å². The third kappa shape index (κ3) is 2.54. The SMILES string of the molecule is CC(=O)O[C@]1(C(C)=O)CC(=O)C2C3C=C(Cl)C4=CC(=O)OCC4(C)C3CCC21C. The summed E-state index contributed by atoms with van der Waals surface area (Å²) in [6.07, 6.45) is 4.46. The molecule has 6 nitrogen and oxygen atoms in total. The second-order valence-corrected chi connectivity index (χ2v) is 9.74. The van der Waals surface area contributed by atoms with Gasteiger partial charge in [-0.05, 0) is 37.2 Å². The topological polar surface area (TPSA) is 86.7 Å². The Morgan fingerprint density at radius 3 is 2.55 bits per heavy atom. The minimum atomic E-state index is -1.44. The number of allylic oxidation sites excluding steroid dienone is 2. The minimum absolute atomic E-state index is 0.0338. The van der Waals surface area contributed by atoms with Crippen molar-refractivity contribution in [2.45, 2.75) is 52.6 Å². The zero-order valence-corrected chi connectivity index (χ0v) is 17.8. The fourth-order valence-electron chi connectivity index (χ4n) is 6.52. The van der Waals surface area contributed by atoms with E-state index in [4.69, 9.17) is 21.1 Å². The van der Waals surface area contributed by atoms with Gasteiger partial charge in [0.1, 0.15) is 12.4 Å². The van der Waals surface area contributed by atoms with Gasteiger partial charge < -0.3 is 9.47 Å². The molecule has 4 rings (SSSR count). The van der Waals surface area contributed by atoms with E-state index in [0.717, 1.165) is 5.57 Å². The Hall–Kier alpha value is -1.95. The van der Waals surface area contributed by atoms with Gasteiger partial charge in [0, 0.05) is 34.8 Å². The highest BCUT2D eigenvalue weighted by molar-refractivity contribution is 6.32. The van der Waals surface area contributed by atoms with E-state index >= 15 is 0 Å². The van der Waals surface area contributed by atoms with Crippen LogP contribution in [0.25, 0.3) is 0 Å². The lowest BCUT2D eigenvalue weighted by Crippen LogP contribution is -2.59. The van der Waals surface area contributed by atoms with Crippen LogP contribution < -0.4 is 0 Å². The number of ether oxygens (including phenoxy) is 2. The highest BCUT2D eigenvalue weighted by Gasteiger charge is 2.71. The number of carbonyl (C=O) groups excluding carboxylic acids is 4. The predicted molar refractivity (Wildman–Crippen MR) is 104 cm³/mol. The molecule has 0 aromatic heterocycles. The molecule has 156 valence electrons. The molecule has 0 N–H and O–H groups in total. The number of fused-ring (bicyclic) bond motifs is 5. The molecule has 6 atom stereocenters. The first kappa shape index (κ1) is 20.3. The third-order valence-corrected chi connectivity index (χ3v) is 8.23. The van der Waals surface area contributed by atoms with E-state index in [1.165, 1.54) is 19.9 Å². The van der Waals surface area contributed by atoms with Crippen LogP contribution in [-0.2, 0) is 28.7 Å². The van der Waals surface area contributed by atoms with Crippen molar-refractivity contribution in [1.82, 2.24) is 0 Å². The van der Waals surface area contributed by atoms with Crippen molar-refractivity contribution in [3.05, 3.63) is 22.8 Å². The number of cyclic esters (lactones) is 1. The van der Waals surface area contributed by atoms with Crippen LogP contribution in [0.5, 0.6) is 0 Å². The fourth-order valence-corrected chi connectivity index (χ4v) is 6.94. The van der Waals surface area contributed by atoms with E-state index in [2.05, 4.69) is 0 Å². The van der Waals surface area contributed by atoms with Crippen LogP contribution in [0.1, 0.15) is 47.0 Å². The fraction of sp³-hybridized carbons (Fsp3) is 0.636. The van der Waals surface area contributed by atoms with Crippen molar-refractivity contribution in [3.8, 4) is 0 Å². The Morgan fingerprint density at radius 2 is 1.93 bits per heavy atom. The van der Waals surface area contributed by atoms with Crippen molar-refractivity contribution in [2.24, 2.45) is 28.6 Å². The zero-order chi connectivity index (χ0) is 21.4. The molecule has 4 aliphatic rings. The second-order valence-electron chi connectivity index (χ2n) is 9.34. The lowest BCUT2D eigenvalue weighted by molar-refractivity contribution is -0.185. The molecule has 0 spiro atoms. The molecule has 0 saturated heterocycles.